The van der Waals surface area contributed by atoms with E-state index >= 15 is 0 Å². The van der Waals surface area contributed by atoms with Crippen LogP contribution in [0.2, 0.25) is 0 Å². The maximum absolute atomic E-state index is 11.9. The van der Waals surface area contributed by atoms with Gasteiger partial charge in [-0.3, -0.25) is 4.79 Å². The number of amides is 1. The molecule has 0 heterocycles. The maximum atomic E-state index is 11.9. The van der Waals surface area contributed by atoms with Crippen LogP contribution in [0.5, 0.6) is 0 Å². The quantitative estimate of drug-likeness (QED) is 0.792. The molecular weight excluding hydrogens is 256 g/mol. The Morgan fingerprint density at radius 1 is 1.25 bits per heavy atom. The van der Waals surface area contributed by atoms with E-state index < -0.39 is 0 Å². The van der Waals surface area contributed by atoms with Gasteiger partial charge in [0.05, 0.1) is 0 Å². The van der Waals surface area contributed by atoms with Crippen LogP contribution in [0.3, 0.4) is 0 Å². The fourth-order valence-corrected chi connectivity index (χ4v) is 1.47. The summed E-state index contributed by atoms with van der Waals surface area (Å²) in [4.78, 5) is 13.7. The molecule has 0 aliphatic heterocycles. The van der Waals surface area contributed by atoms with Crippen LogP contribution in [0.15, 0.2) is 24.3 Å². The number of aryl methyl sites for hydroxylation is 1. The SMILES string of the molecule is CCN(CC)C(=O)c1cccc(C)c1.[O]=[Zn]. The first-order chi connectivity index (χ1) is 7.69. The topological polar surface area (TPSA) is 37.4 Å². The van der Waals surface area contributed by atoms with Crippen LogP contribution < -0.4 is 0 Å². The molecule has 0 aromatic heterocycles. The monoisotopic (exact) mass is 271 g/mol. The Kier molecular flexibility index (Phi) is 7.83. The van der Waals surface area contributed by atoms with Crippen molar-refractivity contribution in [1.82, 2.24) is 4.90 Å². The summed E-state index contributed by atoms with van der Waals surface area (Å²) in [5, 5.41) is 0. The fraction of sp³-hybridized carbons (Fsp3) is 0.417. The Labute approximate surface area is 107 Å². The van der Waals surface area contributed by atoms with Crippen molar-refractivity contribution in [3.63, 3.8) is 0 Å². The predicted octanol–water partition coefficient (Wildman–Crippen LogP) is 2.36. The summed E-state index contributed by atoms with van der Waals surface area (Å²) in [6.45, 7) is 7.53. The van der Waals surface area contributed by atoms with Crippen LogP contribution in [0.25, 0.3) is 0 Å². The van der Waals surface area contributed by atoms with Crippen LogP contribution in [0, 0.1) is 6.92 Å². The van der Waals surface area contributed by atoms with Crippen molar-refractivity contribution in [3.8, 4) is 0 Å². The third-order valence-electron chi connectivity index (χ3n) is 2.32. The third kappa shape index (κ3) is 4.32. The first kappa shape index (κ1) is 15.1. The Hall–Kier alpha value is -0.887. The van der Waals surface area contributed by atoms with Gasteiger partial charge in [0.15, 0.2) is 0 Å². The van der Waals surface area contributed by atoms with E-state index in [4.69, 9.17) is 3.57 Å². The Balaban J connectivity index is 0.00000106. The number of carbonyl (C=O) groups is 1. The Bertz CT molecular complexity index is 338. The molecule has 0 radical (unpaired) electrons. The molecule has 0 aliphatic carbocycles. The summed E-state index contributed by atoms with van der Waals surface area (Å²) < 4.78 is 8.38. The van der Waals surface area contributed by atoms with Crippen molar-refractivity contribution in [1.29, 1.82) is 0 Å². The Morgan fingerprint density at radius 3 is 2.25 bits per heavy atom. The second-order valence-electron chi connectivity index (χ2n) is 3.35. The van der Waals surface area contributed by atoms with Gasteiger partial charge in [-0.05, 0) is 32.9 Å². The van der Waals surface area contributed by atoms with Crippen molar-refractivity contribution < 1.29 is 26.6 Å². The van der Waals surface area contributed by atoms with Gasteiger partial charge in [0.2, 0.25) is 0 Å². The number of benzene rings is 1. The van der Waals surface area contributed by atoms with Gasteiger partial charge < -0.3 is 4.90 Å². The van der Waals surface area contributed by atoms with Gasteiger partial charge in [0, 0.05) is 18.7 Å². The molecule has 0 N–H and O–H groups in total. The molecule has 1 aromatic rings. The molecule has 1 rings (SSSR count). The standard InChI is InChI=1S/C12H17NO.O.Zn/c1-4-13(5-2)12(14)11-8-6-7-10(3)9-11;;/h6-9H,4-5H2,1-3H3;;. The second-order valence-corrected chi connectivity index (χ2v) is 3.35. The molecule has 3 nitrogen and oxygen atoms in total. The molecule has 16 heavy (non-hydrogen) atoms. The number of rotatable bonds is 3. The minimum atomic E-state index is 0.124. The third-order valence-corrected chi connectivity index (χ3v) is 2.32. The van der Waals surface area contributed by atoms with Gasteiger partial charge in [0.25, 0.3) is 5.91 Å². The molecule has 0 saturated carbocycles. The van der Waals surface area contributed by atoms with E-state index in [2.05, 4.69) is 0 Å². The molecule has 0 aliphatic rings. The van der Waals surface area contributed by atoms with E-state index in [9.17, 15) is 4.79 Å². The summed E-state index contributed by atoms with van der Waals surface area (Å²) in [5.41, 5.74) is 1.91. The zero-order valence-electron chi connectivity index (χ0n) is 10.2. The number of hydrogen-bond acceptors (Lipinski definition) is 2. The van der Waals surface area contributed by atoms with Crippen LogP contribution >= 0.6 is 0 Å². The second kappa shape index (κ2) is 8.29. The van der Waals surface area contributed by atoms with E-state index in [1.54, 1.807) is 0 Å². The molecule has 4 heteroatoms. The van der Waals surface area contributed by atoms with E-state index in [-0.39, 0.29) is 24.2 Å². The zero-order valence-corrected chi connectivity index (χ0v) is 13.2. The van der Waals surface area contributed by atoms with Crippen molar-refractivity contribution in [2.45, 2.75) is 20.8 Å². The summed E-state index contributed by atoms with van der Waals surface area (Å²) in [6.07, 6.45) is 0. The van der Waals surface area contributed by atoms with Crippen LogP contribution in [0.1, 0.15) is 29.8 Å². The molecule has 1 aromatic carbocycles. The van der Waals surface area contributed by atoms with Crippen LogP contribution in [-0.2, 0) is 21.8 Å². The number of carbonyl (C=O) groups excluding carboxylic acids is 1. The van der Waals surface area contributed by atoms with Gasteiger partial charge in [-0.25, -0.2) is 0 Å². The molecular formula is C12H17NO2Zn. The molecule has 0 saturated heterocycles. The van der Waals surface area contributed by atoms with Crippen molar-refractivity contribution in [2.24, 2.45) is 0 Å². The molecule has 1 amide bonds. The number of nitrogens with zero attached hydrogens (tertiary/aromatic N) is 1. The first-order valence-electron chi connectivity index (χ1n) is 5.33. The van der Waals surface area contributed by atoms with E-state index in [0.717, 1.165) is 24.2 Å². The molecule has 0 atom stereocenters. The predicted molar refractivity (Wildman–Crippen MR) is 59.1 cm³/mol. The van der Waals surface area contributed by atoms with Crippen LogP contribution in [-0.4, -0.2) is 23.9 Å². The average molecular weight is 273 g/mol. The fourth-order valence-electron chi connectivity index (χ4n) is 1.47. The summed E-state index contributed by atoms with van der Waals surface area (Å²) in [6, 6.07) is 7.72. The molecule has 0 bridgehead atoms. The van der Waals surface area contributed by atoms with E-state index in [0.29, 0.717) is 0 Å². The van der Waals surface area contributed by atoms with Crippen LogP contribution in [0.4, 0.5) is 0 Å². The number of hydrogen-bond donors (Lipinski definition) is 0. The normalized spacial score (nSPS) is 9.06. The molecule has 0 fully saturated rings. The van der Waals surface area contributed by atoms with Gasteiger partial charge in [-0.15, -0.1) is 0 Å². The van der Waals surface area contributed by atoms with Crippen molar-refractivity contribution in [3.05, 3.63) is 35.4 Å². The average Bonchev–Trinajstić information content (AvgIpc) is 2.33. The summed E-state index contributed by atoms with van der Waals surface area (Å²) in [5.74, 6) is 0.124. The van der Waals surface area contributed by atoms with E-state index in [1.165, 1.54) is 0 Å². The van der Waals surface area contributed by atoms with Gasteiger partial charge in [0.1, 0.15) is 0 Å². The molecule has 84 valence electrons. The minimum absolute atomic E-state index is 0.124. The van der Waals surface area contributed by atoms with Gasteiger partial charge >= 0.3 is 21.8 Å². The summed E-state index contributed by atoms with van der Waals surface area (Å²) in [7, 11) is 0. The van der Waals surface area contributed by atoms with Gasteiger partial charge in [-0.1, -0.05) is 17.7 Å². The molecule has 0 spiro atoms. The first-order valence-corrected chi connectivity index (χ1v) is 6.55. The Morgan fingerprint density at radius 2 is 1.81 bits per heavy atom. The summed E-state index contributed by atoms with van der Waals surface area (Å²) >= 11 is 0.125. The van der Waals surface area contributed by atoms with E-state index in [1.807, 2.05) is 49.9 Å². The van der Waals surface area contributed by atoms with Gasteiger partial charge in [-0.2, -0.15) is 0 Å². The zero-order chi connectivity index (χ0) is 12.6. The molecule has 0 unspecified atom stereocenters. The van der Waals surface area contributed by atoms with Crippen molar-refractivity contribution in [2.75, 3.05) is 13.1 Å². The van der Waals surface area contributed by atoms with Crippen molar-refractivity contribution >= 4 is 5.91 Å².